The standard InChI is InChI=1S/C22H37N3O3/c1-4-23-22(24-12-5-14-27-21-11-15-26-17-21)25-13-10-19-6-8-20(9-7-19)28-16-18(2)3/h6-9,18,21H,4-5,10-17H2,1-3H3,(H2,23,24,25). The van der Waals surface area contributed by atoms with Crippen LogP contribution < -0.4 is 15.4 Å². The van der Waals surface area contributed by atoms with Gasteiger partial charge in [-0.25, -0.2) is 0 Å². The quantitative estimate of drug-likeness (QED) is 0.326. The monoisotopic (exact) mass is 391 g/mol. The van der Waals surface area contributed by atoms with Crippen LogP contribution in [-0.4, -0.2) is 58.1 Å². The van der Waals surface area contributed by atoms with E-state index >= 15 is 0 Å². The Morgan fingerprint density at radius 3 is 2.75 bits per heavy atom. The minimum absolute atomic E-state index is 0.275. The average Bonchev–Trinajstić information content (AvgIpc) is 3.20. The van der Waals surface area contributed by atoms with Gasteiger partial charge in [0.15, 0.2) is 5.96 Å². The van der Waals surface area contributed by atoms with Crippen LogP contribution in [0.2, 0.25) is 0 Å². The van der Waals surface area contributed by atoms with Gasteiger partial charge >= 0.3 is 0 Å². The summed E-state index contributed by atoms with van der Waals surface area (Å²) >= 11 is 0. The van der Waals surface area contributed by atoms with Crippen molar-refractivity contribution in [3.63, 3.8) is 0 Å². The van der Waals surface area contributed by atoms with Crippen molar-refractivity contribution < 1.29 is 14.2 Å². The summed E-state index contributed by atoms with van der Waals surface area (Å²) in [7, 11) is 0. The molecule has 0 aromatic heterocycles. The van der Waals surface area contributed by atoms with Crippen molar-refractivity contribution in [2.75, 3.05) is 46.1 Å². The second kappa shape index (κ2) is 13.4. The van der Waals surface area contributed by atoms with E-state index in [4.69, 9.17) is 14.2 Å². The van der Waals surface area contributed by atoms with E-state index in [9.17, 15) is 0 Å². The number of ether oxygens (including phenoxy) is 3. The van der Waals surface area contributed by atoms with Crippen LogP contribution in [0.4, 0.5) is 0 Å². The van der Waals surface area contributed by atoms with Gasteiger partial charge in [-0.05, 0) is 49.8 Å². The van der Waals surface area contributed by atoms with Crippen molar-refractivity contribution in [3.8, 4) is 5.75 Å². The molecule has 28 heavy (non-hydrogen) atoms. The zero-order valence-electron chi connectivity index (χ0n) is 17.7. The SMILES string of the molecule is CCNC(=NCCCOC1CCOC1)NCCc1ccc(OCC(C)C)cc1. The fourth-order valence-electron chi connectivity index (χ4n) is 2.83. The van der Waals surface area contributed by atoms with Crippen LogP contribution >= 0.6 is 0 Å². The molecule has 0 radical (unpaired) electrons. The Morgan fingerprint density at radius 2 is 2.07 bits per heavy atom. The summed E-state index contributed by atoms with van der Waals surface area (Å²) in [6, 6.07) is 8.36. The molecule has 0 bridgehead atoms. The highest BCUT2D eigenvalue weighted by Crippen LogP contribution is 2.13. The molecule has 6 heteroatoms. The molecule has 0 saturated carbocycles. The molecule has 1 aromatic carbocycles. The summed E-state index contributed by atoms with van der Waals surface area (Å²) in [5, 5.41) is 6.70. The summed E-state index contributed by atoms with van der Waals surface area (Å²) in [6.45, 7) is 11.9. The van der Waals surface area contributed by atoms with Gasteiger partial charge in [0.2, 0.25) is 0 Å². The molecule has 158 valence electrons. The molecule has 0 aliphatic carbocycles. The van der Waals surface area contributed by atoms with Crippen molar-refractivity contribution in [2.24, 2.45) is 10.9 Å². The van der Waals surface area contributed by atoms with Gasteiger partial charge < -0.3 is 24.8 Å². The minimum atomic E-state index is 0.275. The van der Waals surface area contributed by atoms with Crippen molar-refractivity contribution in [1.29, 1.82) is 0 Å². The van der Waals surface area contributed by atoms with Crippen molar-refractivity contribution >= 4 is 5.96 Å². The molecule has 1 aliphatic rings. The number of hydrogen-bond acceptors (Lipinski definition) is 4. The van der Waals surface area contributed by atoms with Crippen molar-refractivity contribution in [3.05, 3.63) is 29.8 Å². The van der Waals surface area contributed by atoms with Gasteiger partial charge in [0, 0.05) is 32.8 Å². The zero-order chi connectivity index (χ0) is 20.0. The molecule has 1 saturated heterocycles. The maximum atomic E-state index is 5.78. The third kappa shape index (κ3) is 9.42. The third-order valence-corrected chi connectivity index (χ3v) is 4.37. The largest absolute Gasteiger partial charge is 0.493 e. The van der Waals surface area contributed by atoms with E-state index < -0.39 is 0 Å². The smallest absolute Gasteiger partial charge is 0.191 e. The minimum Gasteiger partial charge on any atom is -0.493 e. The molecule has 2 N–H and O–H groups in total. The maximum Gasteiger partial charge on any atom is 0.191 e. The Morgan fingerprint density at radius 1 is 1.25 bits per heavy atom. The van der Waals surface area contributed by atoms with Crippen LogP contribution in [0, 0.1) is 5.92 Å². The molecule has 0 spiro atoms. The Hall–Kier alpha value is -1.79. The van der Waals surface area contributed by atoms with E-state index in [1.165, 1.54) is 5.56 Å². The Labute approximate surface area is 170 Å². The first-order valence-corrected chi connectivity index (χ1v) is 10.6. The summed E-state index contributed by atoms with van der Waals surface area (Å²) in [5.74, 6) is 2.34. The lowest BCUT2D eigenvalue weighted by molar-refractivity contribution is 0.0424. The summed E-state index contributed by atoms with van der Waals surface area (Å²) in [5.41, 5.74) is 1.28. The number of hydrogen-bond donors (Lipinski definition) is 2. The van der Waals surface area contributed by atoms with Crippen LogP contribution in [0.3, 0.4) is 0 Å². The van der Waals surface area contributed by atoms with Crippen molar-refractivity contribution in [1.82, 2.24) is 10.6 Å². The normalized spacial score (nSPS) is 17.1. The van der Waals surface area contributed by atoms with Gasteiger partial charge in [-0.15, -0.1) is 0 Å². The third-order valence-electron chi connectivity index (χ3n) is 4.37. The first-order valence-electron chi connectivity index (χ1n) is 10.6. The number of nitrogens with one attached hydrogen (secondary N) is 2. The fourth-order valence-corrected chi connectivity index (χ4v) is 2.83. The van der Waals surface area contributed by atoms with E-state index in [0.717, 1.165) is 77.0 Å². The first kappa shape index (κ1) is 22.5. The van der Waals surface area contributed by atoms with Crippen LogP contribution in [0.25, 0.3) is 0 Å². The topological polar surface area (TPSA) is 64.1 Å². The van der Waals surface area contributed by atoms with Gasteiger partial charge in [-0.3, -0.25) is 4.99 Å². The van der Waals surface area contributed by atoms with E-state index in [1.54, 1.807) is 0 Å². The highest BCUT2D eigenvalue weighted by molar-refractivity contribution is 5.79. The molecule has 1 unspecified atom stereocenters. The van der Waals surface area contributed by atoms with Gasteiger partial charge in [0.05, 0.1) is 19.3 Å². The first-order chi connectivity index (χ1) is 13.7. The van der Waals surface area contributed by atoms with Gasteiger partial charge in [0.1, 0.15) is 5.75 Å². The molecule has 1 heterocycles. The maximum absolute atomic E-state index is 5.78. The number of guanidine groups is 1. The Bertz CT molecular complexity index is 555. The number of nitrogens with zero attached hydrogens (tertiary/aromatic N) is 1. The second-order valence-corrected chi connectivity index (χ2v) is 7.50. The summed E-state index contributed by atoms with van der Waals surface area (Å²) in [4.78, 5) is 4.63. The van der Waals surface area contributed by atoms with Gasteiger partial charge in [-0.2, -0.15) is 0 Å². The van der Waals surface area contributed by atoms with Crippen LogP contribution in [0.15, 0.2) is 29.3 Å². The predicted molar refractivity (Wildman–Crippen MR) is 114 cm³/mol. The molecule has 2 rings (SSSR count). The lowest BCUT2D eigenvalue weighted by Crippen LogP contribution is -2.38. The average molecular weight is 392 g/mol. The molecule has 1 aromatic rings. The van der Waals surface area contributed by atoms with E-state index in [0.29, 0.717) is 5.92 Å². The summed E-state index contributed by atoms with van der Waals surface area (Å²) < 4.78 is 16.8. The molecular weight excluding hydrogens is 354 g/mol. The molecule has 0 amide bonds. The highest BCUT2D eigenvalue weighted by atomic mass is 16.5. The van der Waals surface area contributed by atoms with Crippen LogP contribution in [-0.2, 0) is 15.9 Å². The Kier molecular flexibility index (Phi) is 10.8. The van der Waals surface area contributed by atoms with Crippen molar-refractivity contribution in [2.45, 2.75) is 46.1 Å². The molecular formula is C22H37N3O3. The van der Waals surface area contributed by atoms with Crippen LogP contribution in [0.1, 0.15) is 39.2 Å². The number of rotatable bonds is 12. The Balaban J connectivity index is 1.64. The van der Waals surface area contributed by atoms with Gasteiger partial charge in [-0.1, -0.05) is 26.0 Å². The van der Waals surface area contributed by atoms with E-state index in [-0.39, 0.29) is 6.10 Å². The van der Waals surface area contributed by atoms with Gasteiger partial charge in [0.25, 0.3) is 0 Å². The molecule has 1 aliphatic heterocycles. The van der Waals surface area contributed by atoms with E-state index in [2.05, 4.69) is 48.5 Å². The highest BCUT2D eigenvalue weighted by Gasteiger charge is 2.15. The zero-order valence-corrected chi connectivity index (χ0v) is 17.7. The molecule has 1 fully saturated rings. The second-order valence-electron chi connectivity index (χ2n) is 7.50. The lowest BCUT2D eigenvalue weighted by Gasteiger charge is -2.12. The molecule has 1 atom stereocenters. The van der Waals surface area contributed by atoms with E-state index in [1.807, 2.05) is 12.1 Å². The molecule has 6 nitrogen and oxygen atoms in total. The lowest BCUT2D eigenvalue weighted by atomic mass is 10.1. The van der Waals surface area contributed by atoms with Crippen LogP contribution in [0.5, 0.6) is 5.75 Å². The fraction of sp³-hybridized carbons (Fsp3) is 0.682. The summed E-state index contributed by atoms with van der Waals surface area (Å²) in [6.07, 6.45) is 3.15. The predicted octanol–water partition coefficient (Wildman–Crippen LogP) is 3.01. The number of aliphatic imine (C=N–C) groups is 1. The number of benzene rings is 1.